The van der Waals surface area contributed by atoms with Crippen LogP contribution in [-0.4, -0.2) is 38.1 Å². The maximum atomic E-state index is 12.6. The van der Waals surface area contributed by atoms with Crippen molar-refractivity contribution in [2.45, 2.75) is 17.7 Å². The summed E-state index contributed by atoms with van der Waals surface area (Å²) in [6.45, 7) is 1.03. The van der Waals surface area contributed by atoms with Crippen molar-refractivity contribution in [2.24, 2.45) is 0 Å². The predicted molar refractivity (Wildman–Crippen MR) is 104 cm³/mol. The van der Waals surface area contributed by atoms with E-state index >= 15 is 0 Å². The molecule has 26 heavy (non-hydrogen) atoms. The highest BCUT2D eigenvalue weighted by atomic mass is 35.5. The fraction of sp³-hybridized carbons (Fsp3) is 0.278. The summed E-state index contributed by atoms with van der Waals surface area (Å²) < 4.78 is 26.7. The molecule has 1 fully saturated rings. The summed E-state index contributed by atoms with van der Waals surface area (Å²) in [6, 6.07) is 11.1. The van der Waals surface area contributed by atoms with E-state index in [1.54, 1.807) is 30.3 Å². The van der Waals surface area contributed by atoms with Gasteiger partial charge in [-0.15, -0.1) is 0 Å². The van der Waals surface area contributed by atoms with Gasteiger partial charge in [-0.1, -0.05) is 35.3 Å². The second-order valence-electron chi connectivity index (χ2n) is 6.04. The van der Waals surface area contributed by atoms with E-state index in [0.717, 1.165) is 12.8 Å². The minimum absolute atomic E-state index is 0.0206. The highest BCUT2D eigenvalue weighted by molar-refractivity contribution is 7.89. The van der Waals surface area contributed by atoms with E-state index in [1.165, 1.54) is 16.4 Å². The van der Waals surface area contributed by atoms with Crippen LogP contribution in [0.2, 0.25) is 10.0 Å². The molecule has 138 valence electrons. The average molecular weight is 413 g/mol. The van der Waals surface area contributed by atoms with Crippen molar-refractivity contribution in [3.8, 4) is 0 Å². The average Bonchev–Trinajstić information content (AvgIpc) is 3.18. The van der Waals surface area contributed by atoms with Gasteiger partial charge in [0.2, 0.25) is 10.0 Å². The highest BCUT2D eigenvalue weighted by Gasteiger charge is 2.27. The third-order valence-corrected chi connectivity index (χ3v) is 6.69. The third kappa shape index (κ3) is 4.20. The summed E-state index contributed by atoms with van der Waals surface area (Å²) in [5, 5.41) is 3.89. The summed E-state index contributed by atoms with van der Waals surface area (Å²) in [4.78, 5) is 12.6. The molecule has 0 atom stereocenters. The van der Waals surface area contributed by atoms with Crippen LogP contribution in [0.1, 0.15) is 23.2 Å². The molecule has 0 aliphatic carbocycles. The van der Waals surface area contributed by atoms with E-state index in [9.17, 15) is 13.2 Å². The van der Waals surface area contributed by atoms with E-state index in [2.05, 4.69) is 5.32 Å². The van der Waals surface area contributed by atoms with Crippen LogP contribution in [0.15, 0.2) is 47.4 Å². The summed E-state index contributed by atoms with van der Waals surface area (Å²) in [7, 11) is -3.55. The summed E-state index contributed by atoms with van der Waals surface area (Å²) >= 11 is 12.0. The van der Waals surface area contributed by atoms with Crippen molar-refractivity contribution in [1.29, 1.82) is 0 Å². The number of sulfonamides is 1. The number of anilines is 1. The summed E-state index contributed by atoms with van der Waals surface area (Å²) in [5.74, 6) is -0.237. The zero-order valence-corrected chi connectivity index (χ0v) is 16.2. The first-order chi connectivity index (χ1) is 12.4. The van der Waals surface area contributed by atoms with Gasteiger partial charge in [-0.25, -0.2) is 8.42 Å². The molecule has 1 saturated heterocycles. The standard InChI is InChI=1S/C18H18Cl2N2O3S/c19-14-6-7-16(20)17(11-14)21-12-18(23)13-4-3-5-15(10-13)26(24,25)22-8-1-2-9-22/h3-7,10-11,21H,1-2,8-9,12H2. The molecule has 2 aromatic rings. The van der Waals surface area contributed by atoms with Crippen LogP contribution in [0.25, 0.3) is 0 Å². The Morgan fingerprint density at radius 1 is 1.08 bits per heavy atom. The number of halogens is 2. The fourth-order valence-corrected chi connectivity index (χ4v) is 4.74. The SMILES string of the molecule is O=C(CNc1cc(Cl)ccc1Cl)c1cccc(S(=O)(=O)N2CCCC2)c1. The number of nitrogens with zero attached hydrogens (tertiary/aromatic N) is 1. The molecule has 2 aromatic carbocycles. The van der Waals surface area contributed by atoms with E-state index in [1.807, 2.05) is 0 Å². The zero-order chi connectivity index (χ0) is 18.7. The molecule has 1 aliphatic rings. The second kappa shape index (κ2) is 7.96. The number of hydrogen-bond donors (Lipinski definition) is 1. The monoisotopic (exact) mass is 412 g/mol. The normalized spacial score (nSPS) is 15.2. The highest BCUT2D eigenvalue weighted by Crippen LogP contribution is 2.26. The van der Waals surface area contributed by atoms with Gasteiger partial charge in [0, 0.05) is 23.7 Å². The van der Waals surface area contributed by atoms with Crippen molar-refractivity contribution >= 4 is 44.7 Å². The Morgan fingerprint density at radius 2 is 1.81 bits per heavy atom. The smallest absolute Gasteiger partial charge is 0.243 e. The largest absolute Gasteiger partial charge is 0.376 e. The second-order valence-corrected chi connectivity index (χ2v) is 8.82. The van der Waals surface area contributed by atoms with Gasteiger partial charge >= 0.3 is 0 Å². The molecular formula is C18H18Cl2N2O3S. The number of carbonyl (C=O) groups is 1. The Morgan fingerprint density at radius 3 is 2.54 bits per heavy atom. The molecule has 3 rings (SSSR count). The lowest BCUT2D eigenvalue weighted by Crippen LogP contribution is -2.28. The molecule has 0 amide bonds. The van der Waals surface area contributed by atoms with Gasteiger partial charge in [-0.3, -0.25) is 4.79 Å². The molecule has 5 nitrogen and oxygen atoms in total. The Kier molecular flexibility index (Phi) is 5.87. The van der Waals surface area contributed by atoms with Crippen molar-refractivity contribution in [3.05, 3.63) is 58.1 Å². The van der Waals surface area contributed by atoms with Gasteiger partial charge in [-0.2, -0.15) is 4.31 Å². The maximum Gasteiger partial charge on any atom is 0.243 e. The Balaban J connectivity index is 1.75. The topological polar surface area (TPSA) is 66.5 Å². The minimum atomic E-state index is -3.55. The molecule has 1 N–H and O–H groups in total. The fourth-order valence-electron chi connectivity index (χ4n) is 2.82. The lowest BCUT2D eigenvalue weighted by molar-refractivity contribution is 0.101. The predicted octanol–water partition coefficient (Wildman–Crippen LogP) is 4.07. The molecular weight excluding hydrogens is 395 g/mol. The minimum Gasteiger partial charge on any atom is -0.376 e. The van der Waals surface area contributed by atoms with Gasteiger partial charge in [-0.05, 0) is 43.2 Å². The number of rotatable bonds is 6. The summed E-state index contributed by atoms with van der Waals surface area (Å²) in [6.07, 6.45) is 1.73. The lowest BCUT2D eigenvalue weighted by atomic mass is 10.1. The van der Waals surface area contributed by atoms with Crippen LogP contribution in [-0.2, 0) is 10.0 Å². The molecule has 8 heteroatoms. The van der Waals surface area contributed by atoms with Gasteiger partial charge in [0.15, 0.2) is 5.78 Å². The number of benzene rings is 2. The van der Waals surface area contributed by atoms with Gasteiger partial charge in [0.05, 0.1) is 22.2 Å². The Bertz CT molecular complexity index is 926. The molecule has 0 bridgehead atoms. The van der Waals surface area contributed by atoms with Crippen LogP contribution in [0.4, 0.5) is 5.69 Å². The van der Waals surface area contributed by atoms with Crippen LogP contribution in [0.5, 0.6) is 0 Å². The number of nitrogens with one attached hydrogen (secondary N) is 1. The molecule has 0 aromatic heterocycles. The van der Waals surface area contributed by atoms with E-state index in [4.69, 9.17) is 23.2 Å². The molecule has 0 unspecified atom stereocenters. The first-order valence-electron chi connectivity index (χ1n) is 8.20. The Hall–Kier alpha value is -1.60. The van der Waals surface area contributed by atoms with Crippen LogP contribution < -0.4 is 5.32 Å². The van der Waals surface area contributed by atoms with Crippen LogP contribution in [0.3, 0.4) is 0 Å². The van der Waals surface area contributed by atoms with Crippen molar-refractivity contribution < 1.29 is 13.2 Å². The number of Topliss-reactive ketones (excluding diaryl/α,β-unsaturated/α-hetero) is 1. The van der Waals surface area contributed by atoms with Crippen molar-refractivity contribution in [2.75, 3.05) is 25.0 Å². The van der Waals surface area contributed by atoms with E-state index in [-0.39, 0.29) is 17.2 Å². The van der Waals surface area contributed by atoms with Crippen molar-refractivity contribution in [3.63, 3.8) is 0 Å². The molecule has 1 aliphatic heterocycles. The molecule has 0 spiro atoms. The molecule has 1 heterocycles. The first-order valence-corrected chi connectivity index (χ1v) is 10.4. The van der Waals surface area contributed by atoms with E-state index < -0.39 is 10.0 Å². The maximum absolute atomic E-state index is 12.6. The summed E-state index contributed by atoms with van der Waals surface area (Å²) in [5.41, 5.74) is 0.879. The van der Waals surface area contributed by atoms with Gasteiger partial charge in [0.1, 0.15) is 0 Å². The van der Waals surface area contributed by atoms with Gasteiger partial charge < -0.3 is 5.32 Å². The van der Waals surface area contributed by atoms with Gasteiger partial charge in [0.25, 0.3) is 0 Å². The van der Waals surface area contributed by atoms with E-state index in [0.29, 0.717) is 34.4 Å². The number of ketones is 1. The molecule has 0 saturated carbocycles. The first kappa shape index (κ1) is 19.2. The number of carbonyl (C=O) groups excluding carboxylic acids is 1. The zero-order valence-electron chi connectivity index (χ0n) is 13.9. The quantitative estimate of drug-likeness (QED) is 0.725. The number of hydrogen-bond acceptors (Lipinski definition) is 4. The molecule has 0 radical (unpaired) electrons. The third-order valence-electron chi connectivity index (χ3n) is 4.23. The van der Waals surface area contributed by atoms with Crippen LogP contribution in [0, 0.1) is 0 Å². The Labute approximate surface area is 163 Å². The lowest BCUT2D eigenvalue weighted by Gasteiger charge is -2.16. The van der Waals surface area contributed by atoms with Crippen molar-refractivity contribution in [1.82, 2.24) is 4.31 Å². The van der Waals surface area contributed by atoms with Crippen LogP contribution >= 0.6 is 23.2 Å².